The number of benzene rings is 1. The molecular formula is C21H23N5O2. The van der Waals surface area contributed by atoms with E-state index in [9.17, 15) is 4.79 Å². The fraction of sp³-hybridized carbons (Fsp3) is 0.333. The van der Waals surface area contributed by atoms with Gasteiger partial charge in [0, 0.05) is 18.3 Å². The second-order valence-corrected chi connectivity index (χ2v) is 7.32. The zero-order chi connectivity index (χ0) is 19.8. The van der Waals surface area contributed by atoms with Gasteiger partial charge in [-0.2, -0.15) is 9.50 Å². The van der Waals surface area contributed by atoms with E-state index >= 15 is 0 Å². The zero-order valence-corrected chi connectivity index (χ0v) is 16.5. The first-order valence-corrected chi connectivity index (χ1v) is 9.39. The summed E-state index contributed by atoms with van der Waals surface area (Å²) >= 11 is 0. The summed E-state index contributed by atoms with van der Waals surface area (Å²) in [7, 11) is 1.62. The molecule has 0 bridgehead atoms. The number of hydrogen-bond donors (Lipinski definition) is 0. The lowest BCUT2D eigenvalue weighted by atomic mass is 10.1. The molecule has 0 aliphatic rings. The highest BCUT2D eigenvalue weighted by Gasteiger charge is 2.18. The van der Waals surface area contributed by atoms with Gasteiger partial charge < -0.3 is 9.30 Å². The summed E-state index contributed by atoms with van der Waals surface area (Å²) in [5.41, 5.74) is 2.06. The van der Waals surface area contributed by atoms with E-state index in [2.05, 4.69) is 28.9 Å². The minimum Gasteiger partial charge on any atom is -0.497 e. The summed E-state index contributed by atoms with van der Waals surface area (Å²) in [6.07, 6.45) is 2.74. The summed E-state index contributed by atoms with van der Waals surface area (Å²) in [6, 6.07) is 9.49. The van der Waals surface area contributed by atoms with E-state index in [4.69, 9.17) is 4.74 Å². The second kappa shape index (κ2) is 7.07. The third-order valence-electron chi connectivity index (χ3n) is 4.80. The predicted molar refractivity (Wildman–Crippen MR) is 109 cm³/mol. The van der Waals surface area contributed by atoms with E-state index in [-0.39, 0.29) is 5.56 Å². The first-order chi connectivity index (χ1) is 13.5. The van der Waals surface area contributed by atoms with Gasteiger partial charge in [0.05, 0.1) is 23.7 Å². The Kier molecular flexibility index (Phi) is 4.58. The Labute approximate surface area is 162 Å². The molecule has 144 valence electrons. The maximum absolute atomic E-state index is 13.4. The summed E-state index contributed by atoms with van der Waals surface area (Å²) in [4.78, 5) is 22.3. The van der Waals surface area contributed by atoms with Crippen LogP contribution in [0.3, 0.4) is 0 Å². The van der Waals surface area contributed by atoms with Crippen molar-refractivity contribution in [1.29, 1.82) is 0 Å². The van der Waals surface area contributed by atoms with Crippen LogP contribution in [0.2, 0.25) is 0 Å². The minimum absolute atomic E-state index is 0.0708. The highest BCUT2D eigenvalue weighted by Crippen LogP contribution is 2.28. The number of methoxy groups -OCH3 is 1. The molecule has 0 aliphatic carbocycles. The molecule has 0 N–H and O–H groups in total. The van der Waals surface area contributed by atoms with Crippen molar-refractivity contribution in [2.24, 2.45) is 5.92 Å². The Hall–Kier alpha value is -3.22. The quantitative estimate of drug-likeness (QED) is 0.532. The fourth-order valence-electron chi connectivity index (χ4n) is 3.33. The molecule has 1 aromatic carbocycles. The Bertz CT molecular complexity index is 1220. The van der Waals surface area contributed by atoms with Gasteiger partial charge in [0.2, 0.25) is 0 Å². The van der Waals surface area contributed by atoms with Crippen LogP contribution in [0.1, 0.15) is 26.1 Å². The molecule has 0 unspecified atom stereocenters. The predicted octanol–water partition coefficient (Wildman–Crippen LogP) is 3.47. The molecule has 7 heteroatoms. The van der Waals surface area contributed by atoms with Gasteiger partial charge in [-0.05, 0) is 37.5 Å². The number of aryl methyl sites for hydroxylation is 2. The number of pyridine rings is 1. The average Bonchev–Trinajstić information content (AvgIpc) is 3.05. The van der Waals surface area contributed by atoms with Crippen molar-refractivity contribution in [3.63, 3.8) is 0 Å². The third kappa shape index (κ3) is 3.13. The average molecular weight is 377 g/mol. The van der Waals surface area contributed by atoms with Crippen LogP contribution in [0.5, 0.6) is 5.75 Å². The van der Waals surface area contributed by atoms with Crippen LogP contribution in [0.4, 0.5) is 0 Å². The van der Waals surface area contributed by atoms with E-state index in [1.54, 1.807) is 16.2 Å². The Balaban J connectivity index is 2.07. The van der Waals surface area contributed by atoms with Crippen LogP contribution in [-0.4, -0.2) is 31.3 Å². The molecule has 3 heterocycles. The molecule has 0 aliphatic heterocycles. The van der Waals surface area contributed by atoms with Gasteiger partial charge in [-0.25, -0.2) is 4.98 Å². The van der Waals surface area contributed by atoms with Gasteiger partial charge in [0.25, 0.3) is 11.3 Å². The van der Waals surface area contributed by atoms with Crippen molar-refractivity contribution in [3.8, 4) is 17.0 Å². The topological polar surface area (TPSA) is 74.3 Å². The lowest BCUT2D eigenvalue weighted by Crippen LogP contribution is -2.22. The monoisotopic (exact) mass is 377 g/mol. The van der Waals surface area contributed by atoms with Crippen molar-refractivity contribution >= 4 is 16.7 Å². The van der Waals surface area contributed by atoms with Crippen LogP contribution in [0, 0.1) is 12.8 Å². The molecule has 4 aromatic rings. The minimum atomic E-state index is -0.0708. The van der Waals surface area contributed by atoms with Crippen molar-refractivity contribution in [2.75, 3.05) is 7.11 Å². The number of ether oxygens (including phenoxy) is 1. The normalized spacial score (nSPS) is 11.6. The van der Waals surface area contributed by atoms with E-state index in [1.807, 2.05) is 43.5 Å². The standard InChI is InChI=1S/C21H23N5O2/c1-13(2)8-10-25-11-9-17-18(20(25)27)19(15-6-5-7-16(12-15)28-4)26-21(23-17)22-14(3)24-26/h5-7,9,11-13H,8,10H2,1-4H3. The number of hydrogen-bond acceptors (Lipinski definition) is 5. The molecule has 0 spiro atoms. The molecule has 0 radical (unpaired) electrons. The van der Waals surface area contributed by atoms with Crippen LogP contribution >= 0.6 is 0 Å². The van der Waals surface area contributed by atoms with Gasteiger partial charge in [0.1, 0.15) is 11.6 Å². The number of aromatic nitrogens is 5. The summed E-state index contributed by atoms with van der Waals surface area (Å²) in [5.74, 6) is 2.30. The van der Waals surface area contributed by atoms with Gasteiger partial charge >= 0.3 is 0 Å². The van der Waals surface area contributed by atoms with Crippen molar-refractivity contribution in [2.45, 2.75) is 33.7 Å². The first kappa shape index (κ1) is 18.2. The molecular weight excluding hydrogens is 354 g/mol. The Morgan fingerprint density at radius 2 is 2.00 bits per heavy atom. The molecule has 0 atom stereocenters. The largest absolute Gasteiger partial charge is 0.497 e. The van der Waals surface area contributed by atoms with Crippen LogP contribution in [0.15, 0.2) is 41.3 Å². The third-order valence-corrected chi connectivity index (χ3v) is 4.80. The smallest absolute Gasteiger partial charge is 0.262 e. The maximum Gasteiger partial charge on any atom is 0.262 e. The highest BCUT2D eigenvalue weighted by atomic mass is 16.5. The SMILES string of the molecule is COc1cccc(-c2c3c(=O)n(CCC(C)C)ccc3nc3nc(C)nn23)c1. The molecule has 0 amide bonds. The van der Waals surface area contributed by atoms with Gasteiger partial charge in [-0.1, -0.05) is 26.0 Å². The van der Waals surface area contributed by atoms with Crippen LogP contribution in [-0.2, 0) is 6.54 Å². The highest BCUT2D eigenvalue weighted by molar-refractivity contribution is 5.93. The molecule has 7 nitrogen and oxygen atoms in total. The second-order valence-electron chi connectivity index (χ2n) is 7.32. The van der Waals surface area contributed by atoms with Crippen molar-refractivity contribution < 1.29 is 4.74 Å². The van der Waals surface area contributed by atoms with Gasteiger partial charge in [0.15, 0.2) is 0 Å². The fourth-order valence-corrected chi connectivity index (χ4v) is 3.33. The summed E-state index contributed by atoms with van der Waals surface area (Å²) in [5, 5.41) is 5.03. The molecule has 28 heavy (non-hydrogen) atoms. The van der Waals surface area contributed by atoms with E-state index in [0.717, 1.165) is 12.0 Å². The molecule has 0 saturated carbocycles. The molecule has 4 rings (SSSR count). The summed E-state index contributed by atoms with van der Waals surface area (Å²) < 4.78 is 8.79. The lowest BCUT2D eigenvalue weighted by Gasteiger charge is -2.13. The summed E-state index contributed by atoms with van der Waals surface area (Å²) in [6.45, 7) is 6.78. The zero-order valence-electron chi connectivity index (χ0n) is 16.5. The number of nitrogens with zero attached hydrogens (tertiary/aromatic N) is 5. The number of rotatable bonds is 5. The van der Waals surface area contributed by atoms with Crippen molar-refractivity contribution in [1.82, 2.24) is 24.1 Å². The van der Waals surface area contributed by atoms with Crippen LogP contribution in [0.25, 0.3) is 27.9 Å². The van der Waals surface area contributed by atoms with E-state index in [0.29, 0.717) is 46.4 Å². The van der Waals surface area contributed by atoms with Crippen LogP contribution < -0.4 is 10.3 Å². The number of fused-ring (bicyclic) bond motifs is 2. The van der Waals surface area contributed by atoms with E-state index < -0.39 is 0 Å². The lowest BCUT2D eigenvalue weighted by molar-refractivity contribution is 0.415. The molecule has 0 fully saturated rings. The van der Waals surface area contributed by atoms with Gasteiger partial charge in [-0.3, -0.25) is 4.79 Å². The Morgan fingerprint density at radius 1 is 1.18 bits per heavy atom. The van der Waals surface area contributed by atoms with E-state index in [1.165, 1.54) is 0 Å². The maximum atomic E-state index is 13.4. The first-order valence-electron chi connectivity index (χ1n) is 9.39. The molecule has 3 aromatic heterocycles. The van der Waals surface area contributed by atoms with Gasteiger partial charge in [-0.15, -0.1) is 5.10 Å². The Morgan fingerprint density at radius 3 is 2.75 bits per heavy atom. The molecule has 0 saturated heterocycles. The van der Waals surface area contributed by atoms with Crippen molar-refractivity contribution in [3.05, 3.63) is 52.7 Å².